The van der Waals surface area contributed by atoms with Crippen LogP contribution in [0.15, 0.2) is 24.3 Å². The van der Waals surface area contributed by atoms with Crippen molar-refractivity contribution in [2.75, 3.05) is 0 Å². The van der Waals surface area contributed by atoms with E-state index in [4.69, 9.17) is 5.11 Å². The van der Waals surface area contributed by atoms with Crippen LogP contribution >= 0.6 is 0 Å². The molecular weight excluding hydrogens is 238 g/mol. The van der Waals surface area contributed by atoms with Crippen LogP contribution in [0.1, 0.15) is 38.3 Å². The summed E-state index contributed by atoms with van der Waals surface area (Å²) in [5.74, 6) is -3.65. The van der Waals surface area contributed by atoms with E-state index in [0.717, 1.165) is 12.5 Å². The molecule has 0 radical (unpaired) electrons. The van der Waals surface area contributed by atoms with Crippen LogP contribution in [0.4, 0.5) is 8.78 Å². The van der Waals surface area contributed by atoms with Crippen LogP contribution in [0.5, 0.6) is 0 Å². The smallest absolute Gasteiger partial charge is 0.304 e. The normalized spacial score (nSPS) is 12.5. The molecule has 0 bridgehead atoms. The molecule has 0 aliphatic rings. The monoisotopic (exact) mass is 256 g/mol. The lowest BCUT2D eigenvalue weighted by atomic mass is 9.81. The van der Waals surface area contributed by atoms with Gasteiger partial charge in [-0.2, -0.15) is 0 Å². The van der Waals surface area contributed by atoms with E-state index in [0.29, 0.717) is 5.56 Å². The zero-order valence-corrected chi connectivity index (χ0v) is 10.8. The third-order valence-electron chi connectivity index (χ3n) is 2.82. The molecule has 18 heavy (non-hydrogen) atoms. The van der Waals surface area contributed by atoms with E-state index in [1.165, 1.54) is 0 Å². The number of alkyl halides is 2. The summed E-state index contributed by atoms with van der Waals surface area (Å²) >= 11 is 0. The zero-order valence-electron chi connectivity index (χ0n) is 10.8. The molecule has 4 heteroatoms. The molecule has 1 aromatic rings. The molecule has 0 aromatic heterocycles. The largest absolute Gasteiger partial charge is 0.481 e. The number of aliphatic carboxylic acids is 1. The van der Waals surface area contributed by atoms with Gasteiger partial charge in [0.05, 0.1) is 6.42 Å². The highest BCUT2D eigenvalue weighted by atomic mass is 19.3. The molecule has 0 spiro atoms. The maximum atomic E-state index is 13.0. The topological polar surface area (TPSA) is 37.3 Å². The molecule has 0 unspecified atom stereocenters. The van der Waals surface area contributed by atoms with Crippen LogP contribution in [-0.2, 0) is 16.6 Å². The third kappa shape index (κ3) is 4.43. The lowest BCUT2D eigenvalue weighted by Gasteiger charge is -2.24. The number of carboxylic acid groups (broad SMARTS) is 1. The summed E-state index contributed by atoms with van der Waals surface area (Å²) in [7, 11) is 0. The van der Waals surface area contributed by atoms with Gasteiger partial charge in [-0.3, -0.25) is 4.79 Å². The molecule has 1 N–H and O–H groups in total. The molecule has 100 valence electrons. The van der Waals surface area contributed by atoms with E-state index in [2.05, 4.69) is 0 Å². The van der Waals surface area contributed by atoms with E-state index >= 15 is 0 Å². The highest BCUT2D eigenvalue weighted by Crippen LogP contribution is 2.29. The molecule has 0 saturated carbocycles. The maximum Gasteiger partial charge on any atom is 0.304 e. The highest BCUT2D eigenvalue weighted by Gasteiger charge is 2.26. The SMILES string of the molecule is CC(F)(F)Cc1cccc(C(C)(C)CC(=O)O)c1. The quantitative estimate of drug-likeness (QED) is 0.873. The van der Waals surface area contributed by atoms with Gasteiger partial charge in [-0.25, -0.2) is 8.78 Å². The Morgan fingerprint density at radius 3 is 2.39 bits per heavy atom. The van der Waals surface area contributed by atoms with Crippen molar-refractivity contribution in [1.29, 1.82) is 0 Å². The predicted molar refractivity (Wildman–Crippen MR) is 66.0 cm³/mol. The standard InChI is InChI=1S/C14H18F2O2/c1-13(2,9-12(17)18)11-6-4-5-10(7-11)8-14(3,15)16/h4-7H,8-9H2,1-3H3,(H,17,18). The molecule has 0 amide bonds. The average molecular weight is 256 g/mol. The number of hydrogen-bond acceptors (Lipinski definition) is 1. The Bertz CT molecular complexity index is 434. The molecule has 0 heterocycles. The summed E-state index contributed by atoms with van der Waals surface area (Å²) in [4.78, 5) is 10.8. The van der Waals surface area contributed by atoms with Crippen molar-refractivity contribution in [3.05, 3.63) is 35.4 Å². The van der Waals surface area contributed by atoms with E-state index in [1.807, 2.05) is 0 Å². The van der Waals surface area contributed by atoms with Crippen molar-refractivity contribution in [3.63, 3.8) is 0 Å². The molecule has 1 rings (SSSR count). The van der Waals surface area contributed by atoms with E-state index in [9.17, 15) is 13.6 Å². The van der Waals surface area contributed by atoms with Gasteiger partial charge >= 0.3 is 5.97 Å². The minimum absolute atomic E-state index is 0.0288. The number of carboxylic acids is 1. The third-order valence-corrected chi connectivity index (χ3v) is 2.82. The lowest BCUT2D eigenvalue weighted by molar-refractivity contribution is -0.138. The van der Waals surface area contributed by atoms with Gasteiger partial charge in [0, 0.05) is 11.8 Å². The van der Waals surface area contributed by atoms with Crippen molar-refractivity contribution in [2.24, 2.45) is 0 Å². The van der Waals surface area contributed by atoms with Crippen molar-refractivity contribution in [1.82, 2.24) is 0 Å². The highest BCUT2D eigenvalue weighted by molar-refractivity contribution is 5.68. The molecular formula is C14H18F2O2. The fourth-order valence-corrected chi connectivity index (χ4v) is 1.94. The van der Waals surface area contributed by atoms with Crippen LogP contribution < -0.4 is 0 Å². The summed E-state index contributed by atoms with van der Waals surface area (Å²) in [6.07, 6.45) is -0.358. The Hall–Kier alpha value is -1.45. The second-order valence-corrected chi connectivity index (χ2v) is 5.40. The summed E-state index contributed by atoms with van der Waals surface area (Å²) < 4.78 is 25.9. The van der Waals surface area contributed by atoms with Crippen LogP contribution in [0.25, 0.3) is 0 Å². The fourth-order valence-electron chi connectivity index (χ4n) is 1.94. The van der Waals surface area contributed by atoms with Crippen molar-refractivity contribution in [3.8, 4) is 0 Å². The minimum Gasteiger partial charge on any atom is -0.481 e. The van der Waals surface area contributed by atoms with Gasteiger partial charge in [0.25, 0.3) is 0 Å². The van der Waals surface area contributed by atoms with Crippen molar-refractivity contribution >= 4 is 5.97 Å². The first-order chi connectivity index (χ1) is 8.10. The van der Waals surface area contributed by atoms with Crippen LogP contribution in [-0.4, -0.2) is 17.0 Å². The first-order valence-electron chi connectivity index (χ1n) is 5.79. The Morgan fingerprint density at radius 1 is 1.28 bits per heavy atom. The summed E-state index contributed by atoms with van der Waals surface area (Å²) in [5.41, 5.74) is 0.732. The minimum atomic E-state index is -2.75. The Kier molecular flexibility index (Phi) is 4.09. The van der Waals surface area contributed by atoms with E-state index < -0.39 is 17.3 Å². The summed E-state index contributed by atoms with van der Waals surface area (Å²) in [6.45, 7) is 4.47. The Labute approximate surface area is 106 Å². The van der Waals surface area contributed by atoms with Crippen LogP contribution in [0.2, 0.25) is 0 Å². The van der Waals surface area contributed by atoms with Crippen molar-refractivity contribution in [2.45, 2.75) is 45.0 Å². The maximum absolute atomic E-state index is 13.0. The van der Waals surface area contributed by atoms with Gasteiger partial charge < -0.3 is 5.11 Å². The predicted octanol–water partition coefficient (Wildman–Crippen LogP) is 3.64. The van der Waals surface area contributed by atoms with Gasteiger partial charge in [-0.15, -0.1) is 0 Å². The number of halogens is 2. The van der Waals surface area contributed by atoms with Gasteiger partial charge in [-0.1, -0.05) is 38.1 Å². The number of rotatable bonds is 5. The molecule has 2 nitrogen and oxygen atoms in total. The average Bonchev–Trinajstić information content (AvgIpc) is 2.13. The Balaban J connectivity index is 2.97. The molecule has 0 saturated heterocycles. The van der Waals surface area contributed by atoms with E-state index in [1.54, 1.807) is 38.1 Å². The summed E-state index contributed by atoms with van der Waals surface area (Å²) in [6, 6.07) is 6.78. The molecule has 0 atom stereocenters. The van der Waals surface area contributed by atoms with E-state index in [-0.39, 0.29) is 12.8 Å². The first-order valence-corrected chi connectivity index (χ1v) is 5.79. The van der Waals surface area contributed by atoms with Gasteiger partial charge in [0.1, 0.15) is 0 Å². The second-order valence-electron chi connectivity index (χ2n) is 5.40. The van der Waals surface area contributed by atoms with Crippen molar-refractivity contribution < 1.29 is 18.7 Å². The van der Waals surface area contributed by atoms with Gasteiger partial charge in [0.15, 0.2) is 0 Å². The van der Waals surface area contributed by atoms with Gasteiger partial charge in [0.2, 0.25) is 5.92 Å². The van der Waals surface area contributed by atoms with Gasteiger partial charge in [-0.05, 0) is 18.1 Å². The number of hydrogen-bond donors (Lipinski definition) is 1. The lowest BCUT2D eigenvalue weighted by Crippen LogP contribution is -2.22. The second kappa shape index (κ2) is 5.04. The van der Waals surface area contributed by atoms with Crippen LogP contribution in [0, 0.1) is 0 Å². The molecule has 0 aliphatic heterocycles. The Morgan fingerprint density at radius 2 is 1.89 bits per heavy atom. The van der Waals surface area contributed by atoms with Crippen LogP contribution in [0.3, 0.4) is 0 Å². The zero-order chi connectivity index (χ0) is 14.0. The first kappa shape index (κ1) is 14.6. The number of carbonyl (C=O) groups is 1. The summed E-state index contributed by atoms with van der Waals surface area (Å²) in [5, 5.41) is 8.85. The fraction of sp³-hybridized carbons (Fsp3) is 0.500. The molecule has 1 aromatic carbocycles. The number of benzene rings is 1. The molecule has 0 aliphatic carbocycles. The molecule has 0 fully saturated rings.